The lowest BCUT2D eigenvalue weighted by Crippen LogP contribution is -2.33. The van der Waals surface area contributed by atoms with Gasteiger partial charge in [0.1, 0.15) is 5.15 Å². The Balaban J connectivity index is 2.26. The van der Waals surface area contributed by atoms with Crippen molar-refractivity contribution in [2.75, 3.05) is 13.1 Å². The minimum absolute atomic E-state index is 0.0985. The highest BCUT2D eigenvalue weighted by Crippen LogP contribution is 2.20. The summed E-state index contributed by atoms with van der Waals surface area (Å²) in [6.45, 7) is 1.33. The summed E-state index contributed by atoms with van der Waals surface area (Å²) in [5, 5.41) is 0.615. The molecule has 0 saturated carbocycles. The zero-order valence-electron chi connectivity index (χ0n) is 8.49. The molecule has 0 bridgehead atoms. The van der Waals surface area contributed by atoms with Gasteiger partial charge in [-0.2, -0.15) is 0 Å². The molecule has 0 spiro atoms. The molecule has 0 radical (unpaired) electrons. The molecule has 1 aromatic heterocycles. The van der Waals surface area contributed by atoms with Crippen molar-refractivity contribution in [3.8, 4) is 0 Å². The molecule has 2 rings (SSSR count). The van der Waals surface area contributed by atoms with E-state index in [1.165, 1.54) is 12.3 Å². The smallest absolute Gasteiger partial charge is 0.255 e. The number of aromatic nitrogens is 1. The summed E-state index contributed by atoms with van der Waals surface area (Å²) in [5.41, 5.74) is 0.414. The van der Waals surface area contributed by atoms with Gasteiger partial charge >= 0.3 is 0 Å². The van der Waals surface area contributed by atoms with Gasteiger partial charge in [0.25, 0.3) is 5.91 Å². The second-order valence-electron chi connectivity index (χ2n) is 3.50. The maximum atomic E-state index is 12.1. The van der Waals surface area contributed by atoms with E-state index >= 15 is 0 Å². The Morgan fingerprint density at radius 3 is 2.88 bits per heavy atom. The van der Waals surface area contributed by atoms with E-state index in [1.54, 1.807) is 4.90 Å². The zero-order chi connectivity index (χ0) is 11.5. The van der Waals surface area contributed by atoms with Crippen LogP contribution in [0.5, 0.6) is 0 Å². The van der Waals surface area contributed by atoms with Gasteiger partial charge in [-0.3, -0.25) is 4.79 Å². The van der Waals surface area contributed by atoms with Gasteiger partial charge in [-0.25, -0.2) is 4.98 Å². The van der Waals surface area contributed by atoms with Gasteiger partial charge in [0.05, 0.1) is 10.6 Å². The van der Waals surface area contributed by atoms with Crippen molar-refractivity contribution in [3.05, 3.63) is 40.2 Å². The topological polar surface area (TPSA) is 33.2 Å². The zero-order valence-corrected chi connectivity index (χ0v) is 10.0. The predicted molar refractivity (Wildman–Crippen MR) is 63.9 cm³/mol. The number of hydrogen-bond donors (Lipinski definition) is 0. The van der Waals surface area contributed by atoms with Crippen molar-refractivity contribution in [1.82, 2.24) is 9.88 Å². The Morgan fingerprint density at radius 2 is 2.19 bits per heavy atom. The normalized spacial score (nSPS) is 15.2. The summed E-state index contributed by atoms with van der Waals surface area (Å²) >= 11 is 11.7. The average molecular weight is 257 g/mol. The van der Waals surface area contributed by atoms with Crippen molar-refractivity contribution in [3.63, 3.8) is 0 Å². The molecule has 3 nitrogen and oxygen atoms in total. The quantitative estimate of drug-likeness (QED) is 0.572. The van der Waals surface area contributed by atoms with E-state index in [0.29, 0.717) is 23.7 Å². The summed E-state index contributed by atoms with van der Waals surface area (Å²) in [6.07, 6.45) is 6.31. The van der Waals surface area contributed by atoms with E-state index < -0.39 is 0 Å². The molecule has 1 aromatic rings. The second kappa shape index (κ2) is 4.85. The van der Waals surface area contributed by atoms with Crippen molar-refractivity contribution in [2.24, 2.45) is 0 Å². The summed E-state index contributed by atoms with van der Waals surface area (Å²) in [7, 11) is 0. The van der Waals surface area contributed by atoms with Crippen LogP contribution in [0.25, 0.3) is 0 Å². The molecule has 0 fully saturated rings. The number of hydrogen-bond acceptors (Lipinski definition) is 2. The maximum Gasteiger partial charge on any atom is 0.255 e. The summed E-state index contributed by atoms with van der Waals surface area (Å²) in [5.74, 6) is -0.0985. The monoisotopic (exact) mass is 256 g/mol. The first-order valence-corrected chi connectivity index (χ1v) is 5.69. The predicted octanol–water partition coefficient (Wildman–Crippen LogP) is 2.79. The van der Waals surface area contributed by atoms with E-state index in [9.17, 15) is 4.79 Å². The first-order chi connectivity index (χ1) is 7.68. The number of halogens is 2. The van der Waals surface area contributed by atoms with Crippen LogP contribution in [0.4, 0.5) is 0 Å². The minimum Gasteiger partial charge on any atom is -0.335 e. The van der Waals surface area contributed by atoms with Crippen LogP contribution in [0.2, 0.25) is 10.2 Å². The Labute approximate surface area is 104 Å². The lowest BCUT2D eigenvalue weighted by Gasteiger charge is -2.23. The van der Waals surface area contributed by atoms with E-state index in [4.69, 9.17) is 23.2 Å². The molecule has 1 amide bonds. The van der Waals surface area contributed by atoms with Crippen LogP contribution in [0.1, 0.15) is 16.8 Å². The van der Waals surface area contributed by atoms with Crippen LogP contribution in [-0.2, 0) is 0 Å². The van der Waals surface area contributed by atoms with Gasteiger partial charge in [0.15, 0.2) is 0 Å². The number of rotatable bonds is 1. The summed E-state index contributed by atoms with van der Waals surface area (Å²) in [6, 6.07) is 1.50. The lowest BCUT2D eigenvalue weighted by molar-refractivity contribution is 0.0771. The number of nitrogens with zero attached hydrogens (tertiary/aromatic N) is 2. The SMILES string of the molecule is O=C(c1cc(Cl)ncc1Cl)N1CC=CCC1. The molecule has 1 aliphatic heterocycles. The summed E-state index contributed by atoms with van der Waals surface area (Å²) in [4.78, 5) is 17.6. The molecule has 5 heteroatoms. The van der Waals surface area contributed by atoms with Crippen molar-refractivity contribution in [1.29, 1.82) is 0 Å². The number of carbonyl (C=O) groups is 1. The fourth-order valence-electron chi connectivity index (χ4n) is 1.57. The number of carbonyl (C=O) groups excluding carboxylic acids is 1. The van der Waals surface area contributed by atoms with Crippen molar-refractivity contribution in [2.45, 2.75) is 6.42 Å². The van der Waals surface area contributed by atoms with Crippen LogP contribution in [0.3, 0.4) is 0 Å². The lowest BCUT2D eigenvalue weighted by atomic mass is 10.2. The first kappa shape index (κ1) is 11.4. The molecule has 0 aliphatic carbocycles. The average Bonchev–Trinajstić information content (AvgIpc) is 2.32. The highest BCUT2D eigenvalue weighted by Gasteiger charge is 2.19. The third kappa shape index (κ3) is 2.36. The molecule has 16 heavy (non-hydrogen) atoms. The standard InChI is InChI=1S/C11H10Cl2N2O/c12-9-7-14-10(13)6-8(9)11(16)15-4-2-1-3-5-15/h1-2,6-7H,3-5H2. The third-order valence-electron chi connectivity index (χ3n) is 2.40. The van der Waals surface area contributed by atoms with Crippen LogP contribution >= 0.6 is 23.2 Å². The Hall–Kier alpha value is -1.06. The van der Waals surface area contributed by atoms with Crippen LogP contribution in [0, 0.1) is 0 Å². The molecule has 0 saturated heterocycles. The van der Waals surface area contributed by atoms with Crippen molar-refractivity contribution < 1.29 is 4.79 Å². The Bertz CT molecular complexity index is 446. The third-order valence-corrected chi connectivity index (χ3v) is 2.91. The van der Waals surface area contributed by atoms with Crippen LogP contribution in [-0.4, -0.2) is 28.9 Å². The van der Waals surface area contributed by atoms with E-state index in [0.717, 1.165) is 6.42 Å². The minimum atomic E-state index is -0.0985. The largest absolute Gasteiger partial charge is 0.335 e. The first-order valence-electron chi connectivity index (χ1n) is 4.94. The molecule has 0 atom stereocenters. The highest BCUT2D eigenvalue weighted by atomic mass is 35.5. The van der Waals surface area contributed by atoms with E-state index in [2.05, 4.69) is 11.1 Å². The second-order valence-corrected chi connectivity index (χ2v) is 4.29. The van der Waals surface area contributed by atoms with Gasteiger partial charge in [-0.1, -0.05) is 35.4 Å². The molecule has 84 valence electrons. The van der Waals surface area contributed by atoms with Gasteiger partial charge in [-0.05, 0) is 12.5 Å². The Kier molecular flexibility index (Phi) is 3.46. The van der Waals surface area contributed by atoms with Gasteiger partial charge in [0, 0.05) is 19.3 Å². The highest BCUT2D eigenvalue weighted by molar-refractivity contribution is 6.35. The Morgan fingerprint density at radius 1 is 1.38 bits per heavy atom. The fraction of sp³-hybridized carbons (Fsp3) is 0.273. The fourth-order valence-corrected chi connectivity index (χ4v) is 1.92. The van der Waals surface area contributed by atoms with Crippen LogP contribution in [0.15, 0.2) is 24.4 Å². The molecular weight excluding hydrogens is 247 g/mol. The maximum absolute atomic E-state index is 12.1. The van der Waals surface area contributed by atoms with Gasteiger partial charge in [0.2, 0.25) is 0 Å². The molecule has 2 heterocycles. The van der Waals surface area contributed by atoms with E-state index in [1.807, 2.05) is 6.08 Å². The van der Waals surface area contributed by atoms with Gasteiger partial charge < -0.3 is 4.90 Å². The molecule has 0 unspecified atom stereocenters. The summed E-state index contributed by atoms with van der Waals surface area (Å²) < 4.78 is 0. The van der Waals surface area contributed by atoms with Crippen LogP contribution < -0.4 is 0 Å². The number of pyridine rings is 1. The van der Waals surface area contributed by atoms with Gasteiger partial charge in [-0.15, -0.1) is 0 Å². The molecule has 1 aliphatic rings. The molecular formula is C11H10Cl2N2O. The van der Waals surface area contributed by atoms with E-state index in [-0.39, 0.29) is 11.1 Å². The molecule has 0 N–H and O–H groups in total. The molecule has 0 aromatic carbocycles. The number of amides is 1. The van der Waals surface area contributed by atoms with Crippen molar-refractivity contribution >= 4 is 29.1 Å².